The molecule has 1 aromatic carbocycles. The number of ether oxygens (including phenoxy) is 1. The first-order valence-corrected chi connectivity index (χ1v) is 7.23. The minimum absolute atomic E-state index is 0.0507. The van der Waals surface area contributed by atoms with Crippen molar-refractivity contribution in [3.63, 3.8) is 0 Å². The van der Waals surface area contributed by atoms with E-state index in [1.165, 1.54) is 0 Å². The van der Waals surface area contributed by atoms with Gasteiger partial charge in [0.1, 0.15) is 5.75 Å². The summed E-state index contributed by atoms with van der Waals surface area (Å²) in [6, 6.07) is 3.02. The molecule has 0 saturated heterocycles. The standard InChI is InChI=1S/C14H15ClN4O3/c1-7(16-13(20)18-14-17-8(2)19-22-14)11-6-10(15)5-9-3-4-21-12(9)11/h5-7H,3-4H2,1-2H3,(H2,16,17,18,19,20). The number of anilines is 1. The number of urea groups is 1. The maximum absolute atomic E-state index is 12.0. The van der Waals surface area contributed by atoms with E-state index in [0.29, 0.717) is 17.5 Å². The zero-order valence-corrected chi connectivity index (χ0v) is 12.9. The molecule has 0 saturated carbocycles. The monoisotopic (exact) mass is 322 g/mol. The van der Waals surface area contributed by atoms with Crippen molar-refractivity contribution < 1.29 is 14.1 Å². The van der Waals surface area contributed by atoms with Crippen LogP contribution in [0.15, 0.2) is 16.7 Å². The molecule has 0 bridgehead atoms. The van der Waals surface area contributed by atoms with Crippen LogP contribution in [-0.4, -0.2) is 22.8 Å². The maximum Gasteiger partial charge on any atom is 0.329 e. The summed E-state index contributed by atoms with van der Waals surface area (Å²) in [7, 11) is 0. The zero-order chi connectivity index (χ0) is 15.7. The predicted molar refractivity (Wildman–Crippen MR) is 80.3 cm³/mol. The molecule has 1 aliphatic heterocycles. The van der Waals surface area contributed by atoms with Crippen molar-refractivity contribution >= 4 is 23.6 Å². The number of rotatable bonds is 3. The number of hydrogen-bond donors (Lipinski definition) is 2. The highest BCUT2D eigenvalue weighted by atomic mass is 35.5. The second kappa shape index (κ2) is 5.84. The van der Waals surface area contributed by atoms with Gasteiger partial charge in [0, 0.05) is 17.0 Å². The Morgan fingerprint density at radius 3 is 3.00 bits per heavy atom. The van der Waals surface area contributed by atoms with E-state index in [0.717, 1.165) is 23.3 Å². The second-order valence-electron chi connectivity index (χ2n) is 5.05. The van der Waals surface area contributed by atoms with Crippen LogP contribution >= 0.6 is 11.6 Å². The summed E-state index contributed by atoms with van der Waals surface area (Å²) in [6.07, 6.45) is 0.822. The van der Waals surface area contributed by atoms with Gasteiger partial charge in [0.25, 0.3) is 0 Å². The third-order valence-corrected chi connectivity index (χ3v) is 3.56. The third-order valence-electron chi connectivity index (χ3n) is 3.34. The number of nitrogens with one attached hydrogen (secondary N) is 2. The van der Waals surface area contributed by atoms with Gasteiger partial charge in [0.2, 0.25) is 0 Å². The second-order valence-corrected chi connectivity index (χ2v) is 5.49. The third kappa shape index (κ3) is 2.99. The highest BCUT2D eigenvalue weighted by Gasteiger charge is 2.22. The topological polar surface area (TPSA) is 89.3 Å². The Kier molecular flexibility index (Phi) is 3.89. The summed E-state index contributed by atoms with van der Waals surface area (Å²) in [6.45, 7) is 4.15. The molecule has 0 aliphatic carbocycles. The fourth-order valence-electron chi connectivity index (χ4n) is 2.38. The van der Waals surface area contributed by atoms with E-state index in [-0.39, 0.29) is 12.1 Å². The molecule has 3 rings (SSSR count). The zero-order valence-electron chi connectivity index (χ0n) is 12.1. The smallest absolute Gasteiger partial charge is 0.329 e. The molecule has 7 nitrogen and oxygen atoms in total. The van der Waals surface area contributed by atoms with Crippen molar-refractivity contribution in [2.24, 2.45) is 0 Å². The van der Waals surface area contributed by atoms with Crippen molar-refractivity contribution in [3.8, 4) is 5.75 Å². The number of benzene rings is 1. The average Bonchev–Trinajstić information content (AvgIpc) is 3.06. The minimum atomic E-state index is -0.442. The molecular weight excluding hydrogens is 308 g/mol. The van der Waals surface area contributed by atoms with Crippen LogP contribution in [0.4, 0.5) is 10.8 Å². The molecule has 0 radical (unpaired) electrons. The molecule has 2 aromatic rings. The average molecular weight is 323 g/mol. The summed E-state index contributed by atoms with van der Waals surface area (Å²) in [5.41, 5.74) is 1.90. The Bertz CT molecular complexity index is 716. The van der Waals surface area contributed by atoms with Crippen LogP contribution in [0, 0.1) is 6.92 Å². The Hall–Kier alpha value is -2.28. The summed E-state index contributed by atoms with van der Waals surface area (Å²) < 4.78 is 10.5. The molecule has 8 heteroatoms. The van der Waals surface area contributed by atoms with Gasteiger partial charge < -0.3 is 14.6 Å². The normalized spacial score (nSPS) is 14.1. The van der Waals surface area contributed by atoms with E-state index in [1.807, 2.05) is 13.0 Å². The molecule has 2 amide bonds. The van der Waals surface area contributed by atoms with E-state index in [2.05, 4.69) is 20.8 Å². The SMILES string of the molecule is Cc1noc(NC(=O)NC(C)c2cc(Cl)cc3c2OCC3)n1. The number of halogens is 1. The maximum atomic E-state index is 12.0. The molecule has 116 valence electrons. The van der Waals surface area contributed by atoms with Crippen molar-refractivity contribution in [1.82, 2.24) is 15.5 Å². The van der Waals surface area contributed by atoms with E-state index in [4.69, 9.17) is 20.9 Å². The highest BCUT2D eigenvalue weighted by molar-refractivity contribution is 6.30. The van der Waals surface area contributed by atoms with Crippen molar-refractivity contribution in [3.05, 3.63) is 34.1 Å². The largest absolute Gasteiger partial charge is 0.493 e. The molecule has 2 heterocycles. The summed E-state index contributed by atoms with van der Waals surface area (Å²) in [5.74, 6) is 1.25. The van der Waals surface area contributed by atoms with Gasteiger partial charge in [-0.25, -0.2) is 4.79 Å². The molecule has 0 fully saturated rings. The molecule has 1 unspecified atom stereocenters. The fraction of sp³-hybridized carbons (Fsp3) is 0.357. The van der Waals surface area contributed by atoms with Crippen LogP contribution < -0.4 is 15.4 Å². The van der Waals surface area contributed by atoms with Crippen molar-refractivity contribution in [2.75, 3.05) is 11.9 Å². The summed E-state index contributed by atoms with van der Waals surface area (Å²) >= 11 is 6.12. The quantitative estimate of drug-likeness (QED) is 0.907. The van der Waals surface area contributed by atoms with Gasteiger partial charge in [-0.3, -0.25) is 5.32 Å². The van der Waals surface area contributed by atoms with Gasteiger partial charge >= 0.3 is 12.0 Å². The van der Waals surface area contributed by atoms with Crippen molar-refractivity contribution in [2.45, 2.75) is 26.3 Å². The number of aryl methyl sites for hydroxylation is 1. The van der Waals surface area contributed by atoms with Gasteiger partial charge in [0.05, 0.1) is 12.6 Å². The Morgan fingerprint density at radius 2 is 2.27 bits per heavy atom. The Balaban J connectivity index is 1.72. The Labute approximate surface area is 132 Å². The van der Waals surface area contributed by atoms with Crippen LogP contribution in [0.2, 0.25) is 5.02 Å². The number of amides is 2. The lowest BCUT2D eigenvalue weighted by Gasteiger charge is -2.17. The van der Waals surface area contributed by atoms with Gasteiger partial charge in [0.15, 0.2) is 5.82 Å². The first-order chi connectivity index (χ1) is 10.5. The van der Waals surface area contributed by atoms with Crippen molar-refractivity contribution in [1.29, 1.82) is 0 Å². The molecule has 22 heavy (non-hydrogen) atoms. The lowest BCUT2D eigenvalue weighted by Crippen LogP contribution is -2.31. The first kappa shape index (κ1) is 14.6. The Morgan fingerprint density at radius 1 is 1.45 bits per heavy atom. The van der Waals surface area contributed by atoms with Crippen LogP contribution in [0.1, 0.15) is 29.9 Å². The number of carbonyl (C=O) groups is 1. The number of nitrogens with zero attached hydrogens (tertiary/aromatic N) is 2. The molecule has 2 N–H and O–H groups in total. The lowest BCUT2D eigenvalue weighted by molar-refractivity contribution is 0.248. The molecule has 1 aromatic heterocycles. The van der Waals surface area contributed by atoms with Crippen LogP contribution in [0.3, 0.4) is 0 Å². The molecular formula is C14H15ClN4O3. The van der Waals surface area contributed by atoms with E-state index >= 15 is 0 Å². The predicted octanol–water partition coefficient (Wildman–Crippen LogP) is 2.85. The highest BCUT2D eigenvalue weighted by Crippen LogP contribution is 2.36. The number of carbonyl (C=O) groups excluding carboxylic acids is 1. The van der Waals surface area contributed by atoms with E-state index in [1.54, 1.807) is 13.0 Å². The molecule has 1 atom stereocenters. The van der Waals surface area contributed by atoms with Crippen LogP contribution in [-0.2, 0) is 6.42 Å². The number of hydrogen-bond acceptors (Lipinski definition) is 5. The minimum Gasteiger partial charge on any atom is -0.493 e. The molecule has 1 aliphatic rings. The first-order valence-electron chi connectivity index (χ1n) is 6.86. The fourth-order valence-corrected chi connectivity index (χ4v) is 2.62. The van der Waals surface area contributed by atoms with Crippen LogP contribution in [0.5, 0.6) is 5.75 Å². The van der Waals surface area contributed by atoms with E-state index < -0.39 is 6.03 Å². The van der Waals surface area contributed by atoms with Crippen LogP contribution in [0.25, 0.3) is 0 Å². The summed E-state index contributed by atoms with van der Waals surface area (Å²) in [5, 5.41) is 9.50. The van der Waals surface area contributed by atoms with Gasteiger partial charge in [-0.1, -0.05) is 16.8 Å². The lowest BCUT2D eigenvalue weighted by atomic mass is 10.0. The van der Waals surface area contributed by atoms with Gasteiger partial charge in [-0.15, -0.1) is 0 Å². The van der Waals surface area contributed by atoms with Gasteiger partial charge in [-0.2, -0.15) is 4.98 Å². The number of aromatic nitrogens is 2. The summed E-state index contributed by atoms with van der Waals surface area (Å²) in [4.78, 5) is 15.9. The number of fused-ring (bicyclic) bond motifs is 1. The van der Waals surface area contributed by atoms with Gasteiger partial charge in [-0.05, 0) is 31.5 Å². The van der Waals surface area contributed by atoms with E-state index in [9.17, 15) is 4.79 Å². The molecule has 0 spiro atoms.